The van der Waals surface area contributed by atoms with Crippen LogP contribution in [0.15, 0.2) is 30.9 Å². The van der Waals surface area contributed by atoms with E-state index in [4.69, 9.17) is 9.47 Å². The molecule has 7 heteroatoms. The number of hydrogen-bond acceptors (Lipinski definition) is 6. The first-order valence-electron chi connectivity index (χ1n) is 6.16. The molecule has 0 spiro atoms. The molecule has 0 fully saturated rings. The van der Waals surface area contributed by atoms with Crippen molar-refractivity contribution < 1.29 is 14.3 Å². The number of nitrogens with one attached hydrogen (secondary N) is 1. The topological polar surface area (TPSA) is 78.3 Å². The van der Waals surface area contributed by atoms with Crippen LogP contribution in [0.3, 0.4) is 0 Å². The maximum Gasteiger partial charge on any atom is 0.325 e. The Labute approximate surface area is 116 Å². The molecule has 2 rings (SSSR count). The van der Waals surface area contributed by atoms with Gasteiger partial charge in [0.25, 0.3) is 0 Å². The normalized spacial score (nSPS) is 10.1. The van der Waals surface area contributed by atoms with Crippen LogP contribution >= 0.6 is 0 Å². The molecule has 106 valence electrons. The smallest absolute Gasteiger partial charge is 0.325 e. The Morgan fingerprint density at radius 2 is 2.25 bits per heavy atom. The SMILES string of the molecule is CCOC(=O)CNc1cc(OC)cc(-n2cncn2)c1. The van der Waals surface area contributed by atoms with Crippen LogP contribution in [0.5, 0.6) is 5.75 Å². The van der Waals surface area contributed by atoms with Crippen LogP contribution < -0.4 is 10.1 Å². The first-order valence-corrected chi connectivity index (χ1v) is 6.16. The minimum atomic E-state index is -0.308. The molecule has 2 aromatic rings. The molecule has 0 unspecified atom stereocenters. The Kier molecular flexibility index (Phi) is 4.54. The first-order chi connectivity index (χ1) is 9.72. The maximum absolute atomic E-state index is 11.3. The zero-order valence-electron chi connectivity index (χ0n) is 11.4. The van der Waals surface area contributed by atoms with E-state index >= 15 is 0 Å². The minimum Gasteiger partial charge on any atom is -0.497 e. The van der Waals surface area contributed by atoms with Crippen molar-refractivity contribution >= 4 is 11.7 Å². The van der Waals surface area contributed by atoms with Gasteiger partial charge in [0.05, 0.1) is 19.4 Å². The third-order valence-corrected chi connectivity index (χ3v) is 2.55. The lowest BCUT2D eigenvalue weighted by atomic mass is 10.2. The summed E-state index contributed by atoms with van der Waals surface area (Å²) in [4.78, 5) is 15.2. The van der Waals surface area contributed by atoms with Crippen LogP contribution in [0.4, 0.5) is 5.69 Å². The number of carbonyl (C=O) groups is 1. The molecule has 1 aromatic carbocycles. The summed E-state index contributed by atoms with van der Waals surface area (Å²) in [6, 6.07) is 5.46. The van der Waals surface area contributed by atoms with Crippen molar-refractivity contribution in [2.45, 2.75) is 6.92 Å². The van der Waals surface area contributed by atoms with Crippen molar-refractivity contribution in [3.05, 3.63) is 30.9 Å². The molecule has 0 aliphatic rings. The number of hydrogen-bond donors (Lipinski definition) is 1. The number of benzene rings is 1. The quantitative estimate of drug-likeness (QED) is 0.800. The van der Waals surface area contributed by atoms with Gasteiger partial charge in [-0.2, -0.15) is 5.10 Å². The average molecular weight is 276 g/mol. The monoisotopic (exact) mass is 276 g/mol. The molecule has 0 aliphatic carbocycles. The number of rotatable bonds is 6. The fourth-order valence-corrected chi connectivity index (χ4v) is 1.66. The van der Waals surface area contributed by atoms with Gasteiger partial charge in [-0.25, -0.2) is 9.67 Å². The van der Waals surface area contributed by atoms with Crippen LogP contribution in [-0.4, -0.2) is 41.0 Å². The Hall–Kier alpha value is -2.57. The average Bonchev–Trinajstić information content (AvgIpc) is 2.99. The van der Waals surface area contributed by atoms with Crippen molar-refractivity contribution in [3.63, 3.8) is 0 Å². The van der Waals surface area contributed by atoms with Gasteiger partial charge in [-0.05, 0) is 13.0 Å². The molecule has 20 heavy (non-hydrogen) atoms. The highest BCUT2D eigenvalue weighted by Gasteiger charge is 2.06. The second-order valence-electron chi connectivity index (χ2n) is 3.92. The van der Waals surface area contributed by atoms with Gasteiger partial charge in [0.1, 0.15) is 24.9 Å². The molecule has 1 N–H and O–H groups in total. The second-order valence-corrected chi connectivity index (χ2v) is 3.92. The largest absolute Gasteiger partial charge is 0.497 e. The molecule has 1 aromatic heterocycles. The van der Waals surface area contributed by atoms with Crippen molar-refractivity contribution in [2.24, 2.45) is 0 Å². The lowest BCUT2D eigenvalue weighted by Gasteiger charge is -2.10. The number of methoxy groups -OCH3 is 1. The molecule has 1 heterocycles. The Bertz CT molecular complexity index is 569. The number of anilines is 1. The molecule has 0 saturated carbocycles. The van der Waals surface area contributed by atoms with Crippen LogP contribution in [0.25, 0.3) is 5.69 Å². The van der Waals surface area contributed by atoms with Gasteiger partial charge in [-0.15, -0.1) is 0 Å². The molecule has 0 saturated heterocycles. The standard InChI is InChI=1S/C13H16N4O3/c1-3-20-13(18)7-15-10-4-11(6-12(5-10)19-2)17-9-14-8-16-17/h4-6,8-9,15H,3,7H2,1-2H3. The summed E-state index contributed by atoms with van der Waals surface area (Å²) in [6.07, 6.45) is 3.04. The van der Waals surface area contributed by atoms with E-state index < -0.39 is 0 Å². The fourth-order valence-electron chi connectivity index (χ4n) is 1.66. The van der Waals surface area contributed by atoms with Crippen molar-refractivity contribution in [1.29, 1.82) is 0 Å². The molecule has 7 nitrogen and oxygen atoms in total. The lowest BCUT2D eigenvalue weighted by Crippen LogP contribution is -2.16. The molecule has 0 aliphatic heterocycles. The number of carbonyl (C=O) groups excluding carboxylic acids is 1. The first kappa shape index (κ1) is 13.9. The number of esters is 1. The van der Waals surface area contributed by atoms with Crippen LogP contribution in [0.1, 0.15) is 6.92 Å². The van der Waals surface area contributed by atoms with Crippen molar-refractivity contribution in [1.82, 2.24) is 14.8 Å². The molecule has 0 amide bonds. The van der Waals surface area contributed by atoms with Gasteiger partial charge in [-0.3, -0.25) is 4.79 Å². The summed E-state index contributed by atoms with van der Waals surface area (Å²) in [6.45, 7) is 2.23. The second kappa shape index (κ2) is 6.55. The Balaban J connectivity index is 2.16. The van der Waals surface area contributed by atoms with Crippen LogP contribution in [0.2, 0.25) is 0 Å². The Morgan fingerprint density at radius 1 is 1.40 bits per heavy atom. The minimum absolute atomic E-state index is 0.0950. The zero-order chi connectivity index (χ0) is 14.4. The van der Waals surface area contributed by atoms with Crippen LogP contribution in [-0.2, 0) is 9.53 Å². The third kappa shape index (κ3) is 3.47. The van der Waals surface area contributed by atoms with Gasteiger partial charge < -0.3 is 14.8 Å². The fraction of sp³-hybridized carbons (Fsp3) is 0.308. The van der Waals surface area contributed by atoms with E-state index in [1.165, 1.54) is 6.33 Å². The molecular weight excluding hydrogens is 260 g/mol. The number of nitrogens with zero attached hydrogens (tertiary/aromatic N) is 3. The van der Waals surface area contributed by atoms with Crippen molar-refractivity contribution in [2.75, 3.05) is 25.6 Å². The molecule has 0 bridgehead atoms. The van der Waals surface area contributed by atoms with Gasteiger partial charge in [0.15, 0.2) is 0 Å². The molecular formula is C13H16N4O3. The highest BCUT2D eigenvalue weighted by atomic mass is 16.5. The van der Waals surface area contributed by atoms with E-state index in [1.807, 2.05) is 12.1 Å². The highest BCUT2D eigenvalue weighted by molar-refractivity contribution is 5.75. The Morgan fingerprint density at radius 3 is 2.90 bits per heavy atom. The third-order valence-electron chi connectivity index (χ3n) is 2.55. The van der Waals surface area contributed by atoms with Gasteiger partial charge in [0, 0.05) is 17.8 Å². The summed E-state index contributed by atoms with van der Waals surface area (Å²) >= 11 is 0. The lowest BCUT2D eigenvalue weighted by molar-refractivity contribution is -0.140. The van der Waals surface area contributed by atoms with E-state index in [1.54, 1.807) is 31.1 Å². The summed E-state index contributed by atoms with van der Waals surface area (Å²) < 4.78 is 11.7. The van der Waals surface area contributed by atoms with E-state index in [9.17, 15) is 4.79 Å². The highest BCUT2D eigenvalue weighted by Crippen LogP contribution is 2.22. The summed E-state index contributed by atoms with van der Waals surface area (Å²) in [5, 5.41) is 7.05. The van der Waals surface area contributed by atoms with Gasteiger partial charge >= 0.3 is 5.97 Å². The van der Waals surface area contributed by atoms with Crippen molar-refractivity contribution in [3.8, 4) is 11.4 Å². The molecule has 0 atom stereocenters. The number of ether oxygens (including phenoxy) is 2. The van der Waals surface area contributed by atoms with E-state index in [2.05, 4.69) is 15.4 Å². The van der Waals surface area contributed by atoms with E-state index in [0.29, 0.717) is 12.4 Å². The predicted molar refractivity (Wildman–Crippen MR) is 73.0 cm³/mol. The summed E-state index contributed by atoms with van der Waals surface area (Å²) in [7, 11) is 1.58. The summed E-state index contributed by atoms with van der Waals surface area (Å²) in [5.74, 6) is 0.349. The zero-order valence-corrected chi connectivity index (χ0v) is 11.4. The van der Waals surface area contributed by atoms with Gasteiger partial charge in [-0.1, -0.05) is 0 Å². The van der Waals surface area contributed by atoms with Gasteiger partial charge in [0.2, 0.25) is 0 Å². The summed E-state index contributed by atoms with van der Waals surface area (Å²) in [5.41, 5.74) is 1.52. The van der Waals surface area contributed by atoms with E-state index in [0.717, 1.165) is 11.4 Å². The maximum atomic E-state index is 11.3. The predicted octanol–water partition coefficient (Wildman–Crippen LogP) is 1.25. The number of aromatic nitrogens is 3. The van der Waals surface area contributed by atoms with Crippen LogP contribution in [0, 0.1) is 0 Å². The molecule has 0 radical (unpaired) electrons. The van der Waals surface area contributed by atoms with E-state index in [-0.39, 0.29) is 12.5 Å².